The van der Waals surface area contributed by atoms with E-state index >= 15 is 0 Å². The number of amides is 4. The number of ether oxygens (including phenoxy) is 1. The Kier molecular flexibility index (Phi) is 11.8. The van der Waals surface area contributed by atoms with Crippen LogP contribution in [0.2, 0.25) is 0 Å². The van der Waals surface area contributed by atoms with Crippen molar-refractivity contribution in [3.8, 4) is 5.75 Å². The highest BCUT2D eigenvalue weighted by molar-refractivity contribution is 6.02. The van der Waals surface area contributed by atoms with Gasteiger partial charge in [-0.15, -0.1) is 0 Å². The summed E-state index contributed by atoms with van der Waals surface area (Å²) in [6, 6.07) is 12.7. The molecule has 3 saturated heterocycles. The number of anilines is 6. The molecule has 1 spiro atoms. The van der Waals surface area contributed by atoms with E-state index in [1.807, 2.05) is 12.1 Å². The number of rotatable bonds is 11. The molecule has 1 atom stereocenters. The highest BCUT2D eigenvalue weighted by Gasteiger charge is 2.48. The van der Waals surface area contributed by atoms with Gasteiger partial charge < -0.3 is 40.3 Å². The number of nitrogens with zero attached hydrogens (tertiary/aromatic N) is 6. The number of halogens is 2. The van der Waals surface area contributed by atoms with Crippen LogP contribution in [0.5, 0.6) is 5.75 Å². The van der Waals surface area contributed by atoms with Gasteiger partial charge in [0.1, 0.15) is 17.5 Å². The molecule has 1 aromatic heterocycles. The zero-order valence-corrected chi connectivity index (χ0v) is 35.3. The second-order valence-corrected chi connectivity index (χ2v) is 17.7. The Balaban J connectivity index is 0.778. The number of piperidine rings is 3. The number of methoxy groups -OCH3 is 1. The number of carbonyl (C=O) groups is 4. The van der Waals surface area contributed by atoms with E-state index < -0.39 is 18.4 Å². The summed E-state index contributed by atoms with van der Waals surface area (Å²) in [6.07, 6.45) is 8.73. The fraction of sp³-hybridized carbons (Fsp3) is 0.545. The average molecular weight is 843 g/mol. The van der Waals surface area contributed by atoms with Crippen LogP contribution < -0.4 is 40.7 Å². The van der Waals surface area contributed by atoms with Crippen LogP contribution in [0.1, 0.15) is 75.6 Å². The molecule has 17 heteroatoms. The maximum absolute atomic E-state index is 14.8. The van der Waals surface area contributed by atoms with Crippen molar-refractivity contribution in [3.63, 3.8) is 0 Å². The molecule has 8 rings (SSSR count). The molecule has 15 nitrogen and oxygen atoms in total. The van der Waals surface area contributed by atoms with Crippen LogP contribution in [0.25, 0.3) is 0 Å². The van der Waals surface area contributed by atoms with E-state index in [-0.39, 0.29) is 58.7 Å². The Hall–Kier alpha value is -5.58. The number of imide groups is 1. The summed E-state index contributed by atoms with van der Waals surface area (Å²) >= 11 is 0. The smallest absolute Gasteiger partial charge is 0.342 e. The lowest BCUT2D eigenvalue weighted by Gasteiger charge is -2.52. The Labute approximate surface area is 355 Å². The van der Waals surface area contributed by atoms with Gasteiger partial charge in [0.15, 0.2) is 5.82 Å². The monoisotopic (exact) mass is 842 g/mol. The zero-order valence-electron chi connectivity index (χ0n) is 35.3. The zero-order chi connectivity index (χ0) is 43.1. The molecule has 4 aliphatic heterocycles. The van der Waals surface area contributed by atoms with E-state index in [1.165, 1.54) is 30.9 Å². The molecule has 326 valence electrons. The molecule has 2 aromatic carbocycles. The lowest BCUT2D eigenvalue weighted by molar-refractivity contribution is -0.140. The van der Waals surface area contributed by atoms with Gasteiger partial charge >= 0.3 is 5.92 Å². The highest BCUT2D eigenvalue weighted by Crippen LogP contribution is 2.49. The number of hydrogen-bond acceptors (Lipinski definition) is 12. The Morgan fingerprint density at radius 1 is 1.00 bits per heavy atom. The van der Waals surface area contributed by atoms with Crippen molar-refractivity contribution in [2.45, 2.75) is 89.3 Å². The minimum atomic E-state index is -3.59. The van der Waals surface area contributed by atoms with Crippen molar-refractivity contribution >= 4 is 58.1 Å². The number of aromatic nitrogens is 2. The molecule has 3 aromatic rings. The van der Waals surface area contributed by atoms with Crippen LogP contribution in [0, 0.1) is 11.3 Å². The van der Waals surface area contributed by atoms with Gasteiger partial charge in [-0.25, -0.2) is 4.98 Å². The van der Waals surface area contributed by atoms with Gasteiger partial charge in [0.05, 0.1) is 25.5 Å². The van der Waals surface area contributed by atoms with Gasteiger partial charge in [0.2, 0.25) is 17.8 Å². The van der Waals surface area contributed by atoms with Gasteiger partial charge in [-0.05, 0) is 126 Å². The first-order chi connectivity index (χ1) is 29.2. The van der Waals surface area contributed by atoms with Gasteiger partial charge in [0.25, 0.3) is 11.8 Å². The molecule has 0 bridgehead atoms. The first kappa shape index (κ1) is 42.1. The SMILES string of the molecule is COc1cc(C(=O)NC2CC3(CCN(CC4CCN(c5ccc(NC6CCC(=O)NC6=O)cc5)CC4)CC3)C2)ccc1Nc1ncc2c(n1)N(C(C)C)CC(F)(F)C(=O)N2C. The second-order valence-electron chi connectivity index (χ2n) is 17.7. The van der Waals surface area contributed by atoms with Crippen molar-refractivity contribution in [2.75, 3.05) is 78.8 Å². The predicted molar refractivity (Wildman–Crippen MR) is 229 cm³/mol. The normalized spacial score (nSPS) is 22.0. The topological polar surface area (TPSA) is 164 Å². The Bertz CT molecular complexity index is 2130. The first-order valence-electron chi connectivity index (χ1n) is 21.4. The van der Waals surface area contributed by atoms with Crippen molar-refractivity contribution < 1.29 is 32.7 Å². The summed E-state index contributed by atoms with van der Waals surface area (Å²) in [5, 5.41) is 12.0. The summed E-state index contributed by atoms with van der Waals surface area (Å²) in [6.45, 7) is 8.03. The van der Waals surface area contributed by atoms with Crippen LogP contribution in [-0.4, -0.2) is 116 Å². The second kappa shape index (κ2) is 17.1. The van der Waals surface area contributed by atoms with Crippen LogP contribution in [0.15, 0.2) is 48.7 Å². The standard InChI is InChI=1S/C44H56F2N10O5/c1-27(2)56-26-44(45,46)41(60)53(3)35-24-47-42(52-38(35)56)50-33-10-5-29(21-36(33)61-4)39(58)49-31-22-43(23-31)15-19-54(20-16-43)25-28-13-17-55(18-14-28)32-8-6-30(7-9-32)48-34-11-12-37(57)51-40(34)59/h5-10,21,24,27-28,31,34,48H,11-20,22-23,25-26H2,1-4H3,(H,49,58)(H,47,50,52)(H,51,57,59). The maximum Gasteiger partial charge on any atom is 0.342 e. The number of alkyl halides is 2. The van der Waals surface area contributed by atoms with E-state index in [0.29, 0.717) is 35.8 Å². The molecule has 5 heterocycles. The molecule has 4 fully saturated rings. The summed E-state index contributed by atoms with van der Waals surface area (Å²) in [5.74, 6) is -4.16. The number of hydrogen-bond donors (Lipinski definition) is 4. The van der Waals surface area contributed by atoms with Crippen LogP contribution >= 0.6 is 0 Å². The van der Waals surface area contributed by atoms with Gasteiger partial charge in [-0.2, -0.15) is 13.8 Å². The molecule has 0 radical (unpaired) electrons. The molecule has 1 aliphatic carbocycles. The fourth-order valence-corrected chi connectivity index (χ4v) is 9.58. The quantitative estimate of drug-likeness (QED) is 0.188. The molecule has 4 amide bonds. The van der Waals surface area contributed by atoms with E-state index in [0.717, 1.165) is 81.8 Å². The van der Waals surface area contributed by atoms with Gasteiger partial charge in [-0.3, -0.25) is 24.5 Å². The lowest BCUT2D eigenvalue weighted by Crippen LogP contribution is -2.55. The Morgan fingerprint density at radius 3 is 2.39 bits per heavy atom. The van der Waals surface area contributed by atoms with Crippen LogP contribution in [0.3, 0.4) is 0 Å². The molecular formula is C44H56F2N10O5. The van der Waals surface area contributed by atoms with Gasteiger partial charge in [-0.1, -0.05) is 0 Å². The third-order valence-corrected chi connectivity index (χ3v) is 13.3. The molecular weight excluding hydrogens is 787 g/mol. The molecule has 1 saturated carbocycles. The van der Waals surface area contributed by atoms with Crippen LogP contribution in [-0.2, 0) is 14.4 Å². The summed E-state index contributed by atoms with van der Waals surface area (Å²) in [5.41, 5.74) is 3.47. The molecule has 4 N–H and O–H groups in total. The molecule has 61 heavy (non-hydrogen) atoms. The number of carbonyl (C=O) groups excluding carboxylic acids is 4. The number of benzene rings is 2. The van der Waals surface area contributed by atoms with Crippen molar-refractivity contribution in [1.82, 2.24) is 25.5 Å². The van der Waals surface area contributed by atoms with E-state index in [9.17, 15) is 28.0 Å². The van der Waals surface area contributed by atoms with Crippen molar-refractivity contribution in [3.05, 3.63) is 54.2 Å². The number of fused-ring (bicyclic) bond motifs is 1. The lowest BCUT2D eigenvalue weighted by atomic mass is 9.60. The third kappa shape index (κ3) is 9.07. The predicted octanol–water partition coefficient (Wildman–Crippen LogP) is 5.16. The largest absolute Gasteiger partial charge is 0.495 e. The van der Waals surface area contributed by atoms with Crippen molar-refractivity contribution in [2.24, 2.45) is 11.3 Å². The number of nitrogens with one attached hydrogen (secondary N) is 4. The van der Waals surface area contributed by atoms with Gasteiger partial charge in [0, 0.05) is 62.1 Å². The molecule has 1 unspecified atom stereocenters. The summed E-state index contributed by atoms with van der Waals surface area (Å²) < 4.78 is 35.2. The van der Waals surface area contributed by atoms with Crippen molar-refractivity contribution in [1.29, 1.82) is 0 Å². The Morgan fingerprint density at radius 2 is 1.72 bits per heavy atom. The van der Waals surface area contributed by atoms with E-state index in [2.05, 4.69) is 53.2 Å². The summed E-state index contributed by atoms with van der Waals surface area (Å²) in [7, 11) is 2.79. The summed E-state index contributed by atoms with van der Waals surface area (Å²) in [4.78, 5) is 65.7. The number of likely N-dealkylation sites (tertiary alicyclic amines) is 1. The maximum atomic E-state index is 14.8. The van der Waals surface area contributed by atoms with E-state index in [1.54, 1.807) is 32.0 Å². The highest BCUT2D eigenvalue weighted by atomic mass is 19.3. The minimum absolute atomic E-state index is 0.115. The molecule has 5 aliphatic rings. The third-order valence-electron chi connectivity index (χ3n) is 13.3. The van der Waals surface area contributed by atoms with Crippen LogP contribution in [0.4, 0.5) is 43.3 Å². The first-order valence-corrected chi connectivity index (χ1v) is 21.4. The van der Waals surface area contributed by atoms with E-state index in [4.69, 9.17) is 4.74 Å². The average Bonchev–Trinajstić information content (AvgIpc) is 3.31. The minimum Gasteiger partial charge on any atom is -0.495 e. The fourth-order valence-electron chi connectivity index (χ4n) is 9.58.